The highest BCUT2D eigenvalue weighted by atomic mass is 15.2. The van der Waals surface area contributed by atoms with E-state index in [1.54, 1.807) is 0 Å². The molecule has 1 heterocycles. The van der Waals surface area contributed by atoms with E-state index in [4.69, 9.17) is 9.97 Å². The Morgan fingerprint density at radius 2 is 1.86 bits per heavy atom. The molecule has 4 nitrogen and oxygen atoms in total. The van der Waals surface area contributed by atoms with Gasteiger partial charge in [-0.3, -0.25) is 0 Å². The lowest BCUT2D eigenvalue weighted by Crippen LogP contribution is -2.34. The lowest BCUT2D eigenvalue weighted by atomic mass is 9.95. The standard InChI is InChI=1S/C17H32N4/c1-8-11-18-14-12-15(21(10-3)13(4)9-2)20-16(19-14)17(5,6)7/h12-13H,8-11H2,1-7H3,(H,18,19,20). The minimum Gasteiger partial charge on any atom is -0.370 e. The highest BCUT2D eigenvalue weighted by molar-refractivity contribution is 5.50. The van der Waals surface area contributed by atoms with Gasteiger partial charge in [-0.2, -0.15) is 0 Å². The Labute approximate surface area is 130 Å². The van der Waals surface area contributed by atoms with Crippen LogP contribution in [0.1, 0.15) is 67.1 Å². The molecule has 0 spiro atoms. The molecule has 21 heavy (non-hydrogen) atoms. The van der Waals surface area contributed by atoms with Crippen molar-refractivity contribution in [2.75, 3.05) is 23.3 Å². The molecule has 1 aromatic rings. The Morgan fingerprint density at radius 3 is 2.33 bits per heavy atom. The molecule has 0 saturated heterocycles. The fraction of sp³-hybridized carbons (Fsp3) is 0.765. The van der Waals surface area contributed by atoms with Crippen LogP contribution in [0.4, 0.5) is 11.6 Å². The van der Waals surface area contributed by atoms with E-state index in [2.05, 4.69) is 64.7 Å². The fourth-order valence-corrected chi connectivity index (χ4v) is 2.18. The van der Waals surface area contributed by atoms with Crippen LogP contribution < -0.4 is 10.2 Å². The molecule has 1 N–H and O–H groups in total. The van der Waals surface area contributed by atoms with Crippen LogP contribution >= 0.6 is 0 Å². The van der Waals surface area contributed by atoms with E-state index in [0.29, 0.717) is 6.04 Å². The monoisotopic (exact) mass is 292 g/mol. The van der Waals surface area contributed by atoms with Gasteiger partial charge in [-0.05, 0) is 26.7 Å². The molecule has 0 fully saturated rings. The van der Waals surface area contributed by atoms with Crippen molar-refractivity contribution >= 4 is 11.6 Å². The zero-order valence-corrected chi connectivity index (χ0v) is 14.8. The van der Waals surface area contributed by atoms with Crippen LogP contribution in [0, 0.1) is 0 Å². The van der Waals surface area contributed by atoms with Gasteiger partial charge in [-0.1, -0.05) is 34.6 Å². The Balaban J connectivity index is 3.22. The molecule has 0 amide bonds. The smallest absolute Gasteiger partial charge is 0.138 e. The van der Waals surface area contributed by atoms with Gasteiger partial charge in [0.2, 0.25) is 0 Å². The third-order valence-electron chi connectivity index (χ3n) is 3.70. The highest BCUT2D eigenvalue weighted by Gasteiger charge is 2.21. The van der Waals surface area contributed by atoms with Crippen LogP contribution in [0.5, 0.6) is 0 Å². The van der Waals surface area contributed by atoms with Crippen molar-refractivity contribution in [1.29, 1.82) is 0 Å². The number of hydrogen-bond donors (Lipinski definition) is 1. The predicted octanol–water partition coefficient (Wildman–Crippen LogP) is 4.22. The van der Waals surface area contributed by atoms with Crippen molar-refractivity contribution in [3.63, 3.8) is 0 Å². The maximum absolute atomic E-state index is 4.83. The minimum atomic E-state index is -0.0481. The van der Waals surface area contributed by atoms with E-state index >= 15 is 0 Å². The first-order chi connectivity index (χ1) is 9.83. The van der Waals surface area contributed by atoms with Crippen molar-refractivity contribution in [2.45, 2.75) is 72.8 Å². The molecule has 0 aromatic carbocycles. The maximum atomic E-state index is 4.83. The summed E-state index contributed by atoms with van der Waals surface area (Å²) in [6, 6.07) is 2.57. The largest absolute Gasteiger partial charge is 0.370 e. The van der Waals surface area contributed by atoms with Crippen LogP contribution in [0.15, 0.2) is 6.07 Å². The number of nitrogens with zero attached hydrogens (tertiary/aromatic N) is 3. The third-order valence-corrected chi connectivity index (χ3v) is 3.70. The Kier molecular flexibility index (Phi) is 6.43. The van der Waals surface area contributed by atoms with Crippen LogP contribution in [-0.2, 0) is 5.41 Å². The maximum Gasteiger partial charge on any atom is 0.138 e. The summed E-state index contributed by atoms with van der Waals surface area (Å²) in [7, 11) is 0. The summed E-state index contributed by atoms with van der Waals surface area (Å²) in [5, 5.41) is 3.41. The average molecular weight is 292 g/mol. The molecule has 0 aliphatic heterocycles. The zero-order valence-electron chi connectivity index (χ0n) is 14.8. The molecule has 4 heteroatoms. The summed E-state index contributed by atoms with van der Waals surface area (Å²) in [4.78, 5) is 11.9. The lowest BCUT2D eigenvalue weighted by Gasteiger charge is -2.30. The van der Waals surface area contributed by atoms with Crippen molar-refractivity contribution in [3.8, 4) is 0 Å². The van der Waals surface area contributed by atoms with Crippen molar-refractivity contribution in [1.82, 2.24) is 9.97 Å². The van der Waals surface area contributed by atoms with E-state index in [9.17, 15) is 0 Å². The fourth-order valence-electron chi connectivity index (χ4n) is 2.18. The molecular weight excluding hydrogens is 260 g/mol. The third kappa shape index (κ3) is 4.87. The molecule has 0 radical (unpaired) electrons. The van der Waals surface area contributed by atoms with Gasteiger partial charge in [-0.25, -0.2) is 9.97 Å². The molecule has 0 aliphatic rings. The normalized spacial score (nSPS) is 13.1. The lowest BCUT2D eigenvalue weighted by molar-refractivity contribution is 0.540. The number of nitrogens with one attached hydrogen (secondary N) is 1. The first-order valence-electron chi connectivity index (χ1n) is 8.23. The van der Waals surface area contributed by atoms with Gasteiger partial charge in [0.15, 0.2) is 0 Å². The Hall–Kier alpha value is -1.32. The molecule has 120 valence electrons. The number of anilines is 2. The van der Waals surface area contributed by atoms with Gasteiger partial charge < -0.3 is 10.2 Å². The van der Waals surface area contributed by atoms with E-state index in [0.717, 1.165) is 43.4 Å². The Bertz CT molecular complexity index is 437. The number of hydrogen-bond acceptors (Lipinski definition) is 4. The minimum absolute atomic E-state index is 0.0481. The van der Waals surface area contributed by atoms with E-state index in [1.165, 1.54) is 0 Å². The quantitative estimate of drug-likeness (QED) is 0.817. The Morgan fingerprint density at radius 1 is 1.19 bits per heavy atom. The van der Waals surface area contributed by atoms with E-state index in [1.807, 2.05) is 0 Å². The second-order valence-electron chi connectivity index (χ2n) is 6.66. The molecular formula is C17H32N4. The molecule has 0 saturated carbocycles. The first-order valence-corrected chi connectivity index (χ1v) is 8.23. The van der Waals surface area contributed by atoms with Crippen LogP contribution in [-0.4, -0.2) is 29.1 Å². The van der Waals surface area contributed by atoms with Crippen LogP contribution in [0.3, 0.4) is 0 Å². The summed E-state index contributed by atoms with van der Waals surface area (Å²) in [5.41, 5.74) is -0.0481. The van der Waals surface area contributed by atoms with Crippen molar-refractivity contribution < 1.29 is 0 Å². The second kappa shape index (κ2) is 7.62. The molecule has 1 rings (SSSR count). The molecule has 0 bridgehead atoms. The van der Waals surface area contributed by atoms with E-state index in [-0.39, 0.29) is 5.41 Å². The highest BCUT2D eigenvalue weighted by Crippen LogP contribution is 2.25. The summed E-state index contributed by atoms with van der Waals surface area (Å²) in [6.07, 6.45) is 2.20. The van der Waals surface area contributed by atoms with Crippen molar-refractivity contribution in [2.24, 2.45) is 0 Å². The number of rotatable bonds is 7. The number of aromatic nitrogens is 2. The van der Waals surface area contributed by atoms with Crippen LogP contribution in [0.25, 0.3) is 0 Å². The summed E-state index contributed by atoms with van der Waals surface area (Å²) >= 11 is 0. The second-order valence-corrected chi connectivity index (χ2v) is 6.66. The summed E-state index contributed by atoms with van der Waals surface area (Å²) in [5.74, 6) is 2.87. The zero-order chi connectivity index (χ0) is 16.0. The molecule has 1 aromatic heterocycles. The summed E-state index contributed by atoms with van der Waals surface area (Å²) < 4.78 is 0. The molecule has 1 atom stereocenters. The SMILES string of the molecule is CCCNc1cc(N(CC)C(C)CC)nc(C(C)(C)C)n1. The first kappa shape index (κ1) is 17.7. The summed E-state index contributed by atoms with van der Waals surface area (Å²) in [6.45, 7) is 17.2. The van der Waals surface area contributed by atoms with Gasteiger partial charge >= 0.3 is 0 Å². The predicted molar refractivity (Wildman–Crippen MR) is 92.3 cm³/mol. The average Bonchev–Trinajstić information content (AvgIpc) is 2.44. The van der Waals surface area contributed by atoms with Gasteiger partial charge in [-0.15, -0.1) is 0 Å². The van der Waals surface area contributed by atoms with Crippen molar-refractivity contribution in [3.05, 3.63) is 11.9 Å². The van der Waals surface area contributed by atoms with Crippen LogP contribution in [0.2, 0.25) is 0 Å². The van der Waals surface area contributed by atoms with Gasteiger partial charge in [0.25, 0.3) is 0 Å². The topological polar surface area (TPSA) is 41.0 Å². The van der Waals surface area contributed by atoms with Gasteiger partial charge in [0.05, 0.1) is 0 Å². The van der Waals surface area contributed by atoms with Gasteiger partial charge in [0, 0.05) is 30.6 Å². The van der Waals surface area contributed by atoms with Gasteiger partial charge in [0.1, 0.15) is 17.5 Å². The molecule has 0 aliphatic carbocycles. The van der Waals surface area contributed by atoms with E-state index < -0.39 is 0 Å². The molecule has 1 unspecified atom stereocenters.